The summed E-state index contributed by atoms with van der Waals surface area (Å²) in [6, 6.07) is 15.8. The van der Waals surface area contributed by atoms with Crippen molar-refractivity contribution in [1.82, 2.24) is 20.8 Å². The monoisotopic (exact) mass is 462 g/mol. The van der Waals surface area contributed by atoms with Gasteiger partial charge in [-0.05, 0) is 61.0 Å². The predicted octanol–water partition coefficient (Wildman–Crippen LogP) is 4.21. The maximum atomic E-state index is 13.7. The highest BCUT2D eigenvalue weighted by molar-refractivity contribution is 5.98. The minimum absolute atomic E-state index is 0.109. The first-order valence-corrected chi connectivity index (χ1v) is 10.3. The Morgan fingerprint density at radius 1 is 0.882 bits per heavy atom. The quantitative estimate of drug-likeness (QED) is 0.448. The number of hydrogen-bond acceptors (Lipinski definition) is 5. The molecule has 1 unspecified atom stereocenters. The zero-order valence-electron chi connectivity index (χ0n) is 18.3. The van der Waals surface area contributed by atoms with Gasteiger partial charge in [0.15, 0.2) is 11.6 Å². The molecule has 0 radical (unpaired) electrons. The maximum absolute atomic E-state index is 13.7. The first-order chi connectivity index (χ1) is 16.4. The lowest BCUT2D eigenvalue weighted by molar-refractivity contribution is -0.122. The van der Waals surface area contributed by atoms with E-state index in [-0.39, 0.29) is 17.0 Å². The zero-order chi connectivity index (χ0) is 24.2. The van der Waals surface area contributed by atoms with E-state index >= 15 is 0 Å². The molecule has 2 N–H and O–H groups in total. The highest BCUT2D eigenvalue weighted by Gasteiger charge is 2.24. The molecule has 0 fully saturated rings. The Balaban J connectivity index is 1.52. The van der Waals surface area contributed by atoms with Gasteiger partial charge in [0.1, 0.15) is 6.04 Å². The molecule has 4 aromatic rings. The van der Waals surface area contributed by atoms with Crippen molar-refractivity contribution in [2.45, 2.75) is 13.0 Å². The van der Waals surface area contributed by atoms with Crippen molar-refractivity contribution >= 4 is 11.8 Å². The lowest BCUT2D eigenvalue weighted by Gasteiger charge is -2.18. The molecule has 0 bridgehead atoms. The van der Waals surface area contributed by atoms with E-state index in [9.17, 15) is 18.4 Å². The van der Waals surface area contributed by atoms with Crippen molar-refractivity contribution < 1.29 is 22.8 Å². The Kier molecular flexibility index (Phi) is 6.44. The SMILES string of the molecule is CNC(=O)C(NC(=O)c1ccc(-c2nnc(-c3cccc(C)c3)o2)cc1)c1ccc(F)c(F)c1. The van der Waals surface area contributed by atoms with Gasteiger partial charge in [0, 0.05) is 23.7 Å². The summed E-state index contributed by atoms with van der Waals surface area (Å²) >= 11 is 0. The normalized spacial score (nSPS) is 11.6. The third-order valence-electron chi connectivity index (χ3n) is 5.15. The fraction of sp³-hybridized carbons (Fsp3) is 0.120. The molecule has 0 saturated heterocycles. The summed E-state index contributed by atoms with van der Waals surface area (Å²) in [7, 11) is 1.38. The van der Waals surface area contributed by atoms with Crippen molar-refractivity contribution in [2.75, 3.05) is 7.05 Å². The van der Waals surface area contributed by atoms with Crippen LogP contribution in [0.2, 0.25) is 0 Å². The standard InChI is InChI=1S/C25H20F2N4O3/c1-14-4-3-5-18(12-14)25-31-30-24(34-25)16-8-6-15(7-9-16)22(32)29-21(23(33)28-2)17-10-11-19(26)20(27)13-17/h3-13,21H,1-2H3,(H,28,33)(H,29,32). The number of hydrogen-bond donors (Lipinski definition) is 2. The number of aryl methyl sites for hydroxylation is 1. The van der Waals surface area contributed by atoms with Gasteiger partial charge in [-0.1, -0.05) is 23.8 Å². The van der Waals surface area contributed by atoms with Gasteiger partial charge in [-0.3, -0.25) is 9.59 Å². The second kappa shape index (κ2) is 9.62. The molecule has 0 saturated carbocycles. The third kappa shape index (κ3) is 4.83. The maximum Gasteiger partial charge on any atom is 0.252 e. The number of rotatable bonds is 6. The van der Waals surface area contributed by atoms with E-state index < -0.39 is 29.5 Å². The van der Waals surface area contributed by atoms with Gasteiger partial charge < -0.3 is 15.1 Å². The number of nitrogens with one attached hydrogen (secondary N) is 2. The van der Waals surface area contributed by atoms with Crippen LogP contribution in [-0.4, -0.2) is 29.1 Å². The van der Waals surface area contributed by atoms with Crippen LogP contribution in [0.1, 0.15) is 27.5 Å². The van der Waals surface area contributed by atoms with Crippen LogP contribution in [0.3, 0.4) is 0 Å². The van der Waals surface area contributed by atoms with Crippen molar-refractivity contribution in [3.8, 4) is 22.9 Å². The van der Waals surface area contributed by atoms with E-state index in [4.69, 9.17) is 4.42 Å². The summed E-state index contributed by atoms with van der Waals surface area (Å²) in [5.74, 6) is -2.65. The van der Waals surface area contributed by atoms with Crippen LogP contribution in [-0.2, 0) is 4.79 Å². The van der Waals surface area contributed by atoms with E-state index in [1.54, 1.807) is 12.1 Å². The molecule has 0 aliphatic rings. The molecule has 0 aliphatic heterocycles. The molecule has 0 spiro atoms. The summed E-state index contributed by atoms with van der Waals surface area (Å²) in [6.45, 7) is 1.96. The summed E-state index contributed by atoms with van der Waals surface area (Å²) in [6.07, 6.45) is 0. The van der Waals surface area contributed by atoms with Crippen LogP contribution in [0.5, 0.6) is 0 Å². The molecule has 1 heterocycles. The fourth-order valence-electron chi connectivity index (χ4n) is 3.35. The average Bonchev–Trinajstić information content (AvgIpc) is 3.34. The molecule has 9 heteroatoms. The first-order valence-electron chi connectivity index (χ1n) is 10.3. The van der Waals surface area contributed by atoms with Crippen LogP contribution >= 0.6 is 0 Å². The van der Waals surface area contributed by atoms with Crippen molar-refractivity contribution in [2.24, 2.45) is 0 Å². The molecule has 2 amide bonds. The summed E-state index contributed by atoms with van der Waals surface area (Å²) in [5, 5.41) is 13.1. The van der Waals surface area contributed by atoms with E-state index in [1.807, 2.05) is 31.2 Å². The van der Waals surface area contributed by atoms with Gasteiger partial charge >= 0.3 is 0 Å². The molecule has 1 aromatic heterocycles. The molecule has 3 aromatic carbocycles. The molecule has 172 valence electrons. The first kappa shape index (κ1) is 22.8. The number of nitrogens with zero attached hydrogens (tertiary/aromatic N) is 2. The number of benzene rings is 3. The highest BCUT2D eigenvalue weighted by atomic mass is 19.2. The second-order valence-electron chi connectivity index (χ2n) is 7.55. The number of aromatic nitrogens is 2. The Morgan fingerprint density at radius 2 is 1.59 bits per heavy atom. The number of likely N-dealkylation sites (N-methyl/N-ethyl adjacent to an activating group) is 1. The molecular formula is C25H20F2N4O3. The number of carbonyl (C=O) groups is 2. The Hall–Kier alpha value is -4.40. The number of amides is 2. The fourth-order valence-corrected chi connectivity index (χ4v) is 3.35. The third-order valence-corrected chi connectivity index (χ3v) is 5.15. The summed E-state index contributed by atoms with van der Waals surface area (Å²) < 4.78 is 32.7. The zero-order valence-corrected chi connectivity index (χ0v) is 18.3. The van der Waals surface area contributed by atoms with Crippen LogP contribution < -0.4 is 10.6 Å². The molecule has 4 rings (SSSR count). The van der Waals surface area contributed by atoms with Gasteiger partial charge in [-0.15, -0.1) is 10.2 Å². The Morgan fingerprint density at radius 3 is 2.24 bits per heavy atom. The van der Waals surface area contributed by atoms with Crippen LogP contribution in [0.4, 0.5) is 8.78 Å². The molecular weight excluding hydrogens is 442 g/mol. The predicted molar refractivity (Wildman–Crippen MR) is 121 cm³/mol. The molecule has 34 heavy (non-hydrogen) atoms. The summed E-state index contributed by atoms with van der Waals surface area (Å²) in [4.78, 5) is 25.0. The smallest absolute Gasteiger partial charge is 0.252 e. The lowest BCUT2D eigenvalue weighted by Crippen LogP contribution is -2.39. The van der Waals surface area contributed by atoms with E-state index in [2.05, 4.69) is 20.8 Å². The van der Waals surface area contributed by atoms with Crippen LogP contribution in [0, 0.1) is 18.6 Å². The van der Waals surface area contributed by atoms with E-state index in [0.29, 0.717) is 11.5 Å². The van der Waals surface area contributed by atoms with Crippen LogP contribution in [0.25, 0.3) is 22.9 Å². The van der Waals surface area contributed by atoms with Gasteiger partial charge in [0.05, 0.1) is 0 Å². The van der Waals surface area contributed by atoms with Crippen LogP contribution in [0.15, 0.2) is 71.1 Å². The highest BCUT2D eigenvalue weighted by Crippen LogP contribution is 2.25. The molecule has 7 nitrogen and oxygen atoms in total. The number of carbonyl (C=O) groups excluding carboxylic acids is 2. The van der Waals surface area contributed by atoms with Crippen molar-refractivity contribution in [1.29, 1.82) is 0 Å². The van der Waals surface area contributed by atoms with Gasteiger partial charge in [-0.25, -0.2) is 8.78 Å². The van der Waals surface area contributed by atoms with Crippen molar-refractivity contribution in [3.05, 3.63) is 95.1 Å². The van der Waals surface area contributed by atoms with Crippen molar-refractivity contribution in [3.63, 3.8) is 0 Å². The lowest BCUT2D eigenvalue weighted by atomic mass is 10.0. The molecule has 1 atom stereocenters. The van der Waals surface area contributed by atoms with Gasteiger partial charge in [0.2, 0.25) is 17.7 Å². The van der Waals surface area contributed by atoms with Gasteiger partial charge in [-0.2, -0.15) is 0 Å². The van der Waals surface area contributed by atoms with E-state index in [1.165, 1.54) is 25.2 Å². The minimum Gasteiger partial charge on any atom is -0.416 e. The topological polar surface area (TPSA) is 97.1 Å². The Bertz CT molecular complexity index is 1350. The largest absolute Gasteiger partial charge is 0.416 e. The van der Waals surface area contributed by atoms with Gasteiger partial charge in [0.25, 0.3) is 5.91 Å². The van der Waals surface area contributed by atoms with E-state index in [0.717, 1.165) is 23.3 Å². The average molecular weight is 462 g/mol. The second-order valence-corrected chi connectivity index (χ2v) is 7.55. The minimum atomic E-state index is -1.21. The summed E-state index contributed by atoms with van der Waals surface area (Å²) in [5.41, 5.74) is 2.82. The number of halogens is 2. The Labute approximate surface area is 193 Å². The molecule has 0 aliphatic carbocycles.